The summed E-state index contributed by atoms with van der Waals surface area (Å²) in [6, 6.07) is 10.2. The van der Waals surface area contributed by atoms with E-state index in [1.165, 1.54) is 10.5 Å². The topological polar surface area (TPSA) is 153 Å². The number of aromatic amines is 2. The average molecular weight is 492 g/mol. The third-order valence-corrected chi connectivity index (χ3v) is 7.19. The van der Waals surface area contributed by atoms with E-state index in [0.29, 0.717) is 41.1 Å². The number of anilines is 2. The normalized spacial score (nSPS) is 13.8. The number of nitrogens with one attached hydrogen (secondary N) is 4. The molecule has 2 aromatic carbocycles. The molecule has 4 aromatic rings. The summed E-state index contributed by atoms with van der Waals surface area (Å²) in [5, 5.41) is 6.33. The quantitative estimate of drug-likeness (QED) is 0.325. The lowest BCUT2D eigenvalue weighted by molar-refractivity contribution is 0.101. The molecule has 1 aliphatic heterocycles. The number of hydrogen-bond donors (Lipinski definition) is 4. The van der Waals surface area contributed by atoms with Crippen LogP contribution in [0.4, 0.5) is 11.9 Å². The first kappa shape index (κ1) is 22.5. The van der Waals surface area contributed by atoms with E-state index in [-0.39, 0.29) is 18.4 Å². The summed E-state index contributed by atoms with van der Waals surface area (Å²) in [5.41, 5.74) is 3.48. The van der Waals surface area contributed by atoms with Crippen molar-refractivity contribution < 1.29 is 18.0 Å². The molecule has 35 heavy (non-hydrogen) atoms. The Morgan fingerprint density at radius 1 is 1.09 bits per heavy atom. The Labute approximate surface area is 200 Å². The van der Waals surface area contributed by atoms with Gasteiger partial charge in [-0.3, -0.25) is 20.2 Å². The minimum Gasteiger partial charge on any atom is -0.331 e. The number of hydrogen-bond acceptors (Lipinski definition) is 6. The molecule has 5 rings (SSSR count). The molecule has 2 aromatic heterocycles. The number of fused-ring (bicyclic) bond motifs is 2. The second kappa shape index (κ2) is 8.81. The average Bonchev–Trinajstić information content (AvgIpc) is 3.52. The molecule has 2 amide bonds. The fourth-order valence-corrected chi connectivity index (χ4v) is 4.83. The van der Waals surface area contributed by atoms with Gasteiger partial charge in [-0.1, -0.05) is 18.7 Å². The van der Waals surface area contributed by atoms with Crippen LogP contribution < -0.4 is 10.6 Å². The van der Waals surface area contributed by atoms with Crippen molar-refractivity contribution in [3.63, 3.8) is 0 Å². The molecule has 3 heterocycles. The molecule has 0 radical (unpaired) electrons. The Balaban J connectivity index is 1.34. The number of nitrogens with zero attached hydrogens (tertiary/aromatic N) is 3. The lowest BCUT2D eigenvalue weighted by Gasteiger charge is -2.27. The Morgan fingerprint density at radius 3 is 2.69 bits per heavy atom. The van der Waals surface area contributed by atoms with Gasteiger partial charge in [-0.15, -0.1) is 0 Å². The maximum Gasteiger partial charge on any atom is 0.260 e. The number of para-hydroxylation sites is 1. The summed E-state index contributed by atoms with van der Waals surface area (Å²) >= 11 is 0. The summed E-state index contributed by atoms with van der Waals surface area (Å²) in [4.78, 5) is 39.8. The minimum atomic E-state index is -3.50. The van der Waals surface area contributed by atoms with Crippen LogP contribution in [0.2, 0.25) is 0 Å². The molecule has 0 aliphatic carbocycles. The molecule has 0 saturated carbocycles. The van der Waals surface area contributed by atoms with Crippen molar-refractivity contribution in [1.29, 1.82) is 0 Å². The molecule has 12 heteroatoms. The van der Waals surface area contributed by atoms with Crippen molar-refractivity contribution in [3.05, 3.63) is 83.0 Å². The molecule has 0 unspecified atom stereocenters. The molecular weight excluding hydrogens is 470 g/mol. The number of H-pyrrole nitrogens is 2. The van der Waals surface area contributed by atoms with Crippen LogP contribution in [0.1, 0.15) is 31.8 Å². The highest BCUT2D eigenvalue weighted by molar-refractivity contribution is 7.91. The predicted molar refractivity (Wildman–Crippen MR) is 130 cm³/mol. The van der Waals surface area contributed by atoms with Crippen LogP contribution in [0, 0.1) is 0 Å². The van der Waals surface area contributed by atoms with Gasteiger partial charge in [0, 0.05) is 36.5 Å². The van der Waals surface area contributed by atoms with Crippen LogP contribution in [0.3, 0.4) is 0 Å². The number of rotatable bonds is 6. The van der Waals surface area contributed by atoms with Gasteiger partial charge in [-0.05, 0) is 41.8 Å². The molecule has 1 aliphatic rings. The van der Waals surface area contributed by atoms with Gasteiger partial charge >= 0.3 is 0 Å². The number of aromatic nitrogens is 4. The Morgan fingerprint density at radius 2 is 1.91 bits per heavy atom. The first-order valence-electron chi connectivity index (χ1n) is 10.7. The summed E-state index contributed by atoms with van der Waals surface area (Å²) in [7, 11) is -3.50. The number of carbonyl (C=O) groups excluding carboxylic acids is 2. The second-order valence-electron chi connectivity index (χ2n) is 7.91. The smallest absolute Gasteiger partial charge is 0.260 e. The lowest BCUT2D eigenvalue weighted by Crippen LogP contribution is -2.34. The van der Waals surface area contributed by atoms with Gasteiger partial charge in [-0.25, -0.2) is 18.4 Å². The van der Waals surface area contributed by atoms with Gasteiger partial charge < -0.3 is 9.97 Å². The van der Waals surface area contributed by atoms with E-state index in [4.69, 9.17) is 0 Å². The Hall–Kier alpha value is -4.29. The number of benzene rings is 2. The monoisotopic (exact) mass is 491 g/mol. The third-order valence-electron chi connectivity index (χ3n) is 5.74. The maximum atomic E-state index is 12.9. The van der Waals surface area contributed by atoms with Crippen molar-refractivity contribution in [1.82, 2.24) is 24.2 Å². The number of imidazole rings is 2. The van der Waals surface area contributed by atoms with Crippen molar-refractivity contribution >= 4 is 44.8 Å². The van der Waals surface area contributed by atoms with Gasteiger partial charge in [-0.2, -0.15) is 4.31 Å². The minimum absolute atomic E-state index is 0.198. The maximum absolute atomic E-state index is 12.9. The molecule has 0 fully saturated rings. The number of carbonyl (C=O) groups is 2. The molecule has 178 valence electrons. The van der Waals surface area contributed by atoms with Gasteiger partial charge in [0.1, 0.15) is 5.52 Å². The molecule has 4 N–H and O–H groups in total. The van der Waals surface area contributed by atoms with E-state index >= 15 is 0 Å². The Kier molecular flexibility index (Phi) is 5.67. The summed E-state index contributed by atoms with van der Waals surface area (Å²) in [5.74, 6) is -0.260. The highest BCUT2D eigenvalue weighted by Gasteiger charge is 2.25. The zero-order chi connectivity index (χ0) is 24.6. The van der Waals surface area contributed by atoms with E-state index in [0.717, 1.165) is 16.5 Å². The van der Waals surface area contributed by atoms with Crippen LogP contribution in [0.15, 0.2) is 60.8 Å². The predicted octanol–water partition coefficient (Wildman–Crippen LogP) is 2.62. The van der Waals surface area contributed by atoms with Gasteiger partial charge in [0.05, 0.1) is 11.1 Å². The van der Waals surface area contributed by atoms with E-state index in [1.807, 2.05) is 0 Å². The van der Waals surface area contributed by atoms with Gasteiger partial charge in [0.15, 0.2) is 0 Å². The van der Waals surface area contributed by atoms with E-state index in [1.54, 1.807) is 42.6 Å². The van der Waals surface area contributed by atoms with Gasteiger partial charge in [0.2, 0.25) is 21.9 Å². The first-order chi connectivity index (χ1) is 16.8. The highest BCUT2D eigenvalue weighted by atomic mass is 32.2. The zero-order valence-corrected chi connectivity index (χ0v) is 19.2. The molecule has 0 saturated heterocycles. The standard InChI is InChI=1S/C23H21N7O4S/c1-2-35(33,34)30-11-8-14-12-15(6-7-16(14)13-30)20(31)28-23-26-18-5-3-4-17(19(18)27-23)21(32)29-22-24-9-10-25-22/h2-7,9-10,12H,1,8,11,13H2,(H2,24,25,29,32)(H2,26,27,28,31). The largest absolute Gasteiger partial charge is 0.331 e. The van der Waals surface area contributed by atoms with Crippen LogP contribution in [-0.4, -0.2) is 51.0 Å². The van der Waals surface area contributed by atoms with Gasteiger partial charge in [0.25, 0.3) is 11.8 Å². The SMILES string of the molecule is C=CS(=O)(=O)N1CCc2cc(C(=O)Nc3nc4c(C(=O)Nc5ncc[nH]5)cccc4[nH]3)ccc2C1. The molecule has 11 nitrogen and oxygen atoms in total. The number of sulfonamides is 1. The highest BCUT2D eigenvalue weighted by Crippen LogP contribution is 2.24. The van der Waals surface area contributed by atoms with Crippen LogP contribution in [0.25, 0.3) is 11.0 Å². The van der Waals surface area contributed by atoms with Crippen molar-refractivity contribution in [2.24, 2.45) is 0 Å². The van der Waals surface area contributed by atoms with E-state index in [2.05, 4.69) is 37.1 Å². The molecule has 0 bridgehead atoms. The van der Waals surface area contributed by atoms with Crippen molar-refractivity contribution in [2.45, 2.75) is 13.0 Å². The summed E-state index contributed by atoms with van der Waals surface area (Å²) < 4.78 is 25.5. The summed E-state index contributed by atoms with van der Waals surface area (Å²) in [6.45, 7) is 3.92. The van der Waals surface area contributed by atoms with E-state index < -0.39 is 15.9 Å². The fourth-order valence-electron chi connectivity index (χ4n) is 3.95. The Bertz CT molecular complexity index is 1560. The van der Waals surface area contributed by atoms with E-state index in [9.17, 15) is 18.0 Å². The molecule has 0 spiro atoms. The van der Waals surface area contributed by atoms with Crippen molar-refractivity contribution in [2.75, 3.05) is 17.2 Å². The third kappa shape index (κ3) is 4.44. The number of amides is 2. The zero-order valence-electron chi connectivity index (χ0n) is 18.4. The second-order valence-corrected chi connectivity index (χ2v) is 9.79. The lowest BCUT2D eigenvalue weighted by atomic mass is 9.98. The van der Waals surface area contributed by atoms with Crippen LogP contribution in [0.5, 0.6) is 0 Å². The molecular formula is C23H21N7O4S. The van der Waals surface area contributed by atoms with Crippen LogP contribution >= 0.6 is 0 Å². The van der Waals surface area contributed by atoms with Crippen molar-refractivity contribution in [3.8, 4) is 0 Å². The van der Waals surface area contributed by atoms with Crippen LogP contribution in [-0.2, 0) is 23.0 Å². The molecule has 0 atom stereocenters. The fraction of sp³-hybridized carbons (Fsp3) is 0.130. The summed E-state index contributed by atoms with van der Waals surface area (Å²) in [6.07, 6.45) is 3.61. The first-order valence-corrected chi connectivity index (χ1v) is 12.2.